The lowest BCUT2D eigenvalue weighted by Crippen LogP contribution is -2.56. The van der Waals surface area contributed by atoms with Gasteiger partial charge in [0.15, 0.2) is 0 Å². The fraction of sp³-hybridized carbons (Fsp3) is 0.800. The van der Waals surface area contributed by atoms with Crippen LogP contribution in [0.4, 0.5) is 0 Å². The molecule has 22 heavy (non-hydrogen) atoms. The molecular weight excluding hydrogens is 290 g/mol. The number of nitrogens with two attached hydrogens (primary N) is 1. The summed E-state index contributed by atoms with van der Waals surface area (Å²) in [5.41, 5.74) is 3.39. The Morgan fingerprint density at radius 3 is 1.77 bits per heavy atom. The summed E-state index contributed by atoms with van der Waals surface area (Å²) in [4.78, 5) is 35.5. The smallest absolute Gasteiger partial charge is 0.337 e. The third-order valence-corrected chi connectivity index (χ3v) is 2.65. The maximum atomic E-state index is 11.9. The molecule has 0 fully saturated rings. The second-order valence-electron chi connectivity index (χ2n) is 5.85. The highest BCUT2D eigenvalue weighted by atomic mass is 16.6. The van der Waals surface area contributed by atoms with Crippen molar-refractivity contribution in [1.82, 2.24) is 0 Å². The van der Waals surface area contributed by atoms with Gasteiger partial charge in [0, 0.05) is 6.42 Å². The average Bonchev–Trinajstić information content (AvgIpc) is 2.36. The molecule has 0 unspecified atom stereocenters. The molecule has 0 aromatic carbocycles. The average molecular weight is 317 g/mol. The van der Waals surface area contributed by atoms with E-state index in [9.17, 15) is 14.4 Å². The van der Waals surface area contributed by atoms with Crippen LogP contribution < -0.4 is 5.73 Å². The minimum atomic E-state index is -1.89. The Hall–Kier alpha value is -1.63. The van der Waals surface area contributed by atoms with Gasteiger partial charge >= 0.3 is 17.9 Å². The minimum Gasteiger partial charge on any atom is -0.464 e. The van der Waals surface area contributed by atoms with Crippen LogP contribution in [-0.2, 0) is 28.6 Å². The summed E-state index contributed by atoms with van der Waals surface area (Å²) >= 11 is 0. The topological polar surface area (TPSA) is 105 Å². The summed E-state index contributed by atoms with van der Waals surface area (Å²) in [7, 11) is 0. The van der Waals surface area contributed by atoms with E-state index in [1.54, 1.807) is 34.6 Å². The van der Waals surface area contributed by atoms with Crippen molar-refractivity contribution in [3.05, 3.63) is 0 Å². The number of carbonyl (C=O) groups is 3. The van der Waals surface area contributed by atoms with Gasteiger partial charge in [-0.05, 0) is 47.5 Å². The zero-order valence-electron chi connectivity index (χ0n) is 14.1. The maximum Gasteiger partial charge on any atom is 0.337 e. The van der Waals surface area contributed by atoms with Crippen molar-refractivity contribution in [1.29, 1.82) is 0 Å². The number of hydrogen-bond acceptors (Lipinski definition) is 7. The van der Waals surface area contributed by atoms with Gasteiger partial charge in [0.05, 0.1) is 13.2 Å². The molecule has 2 N–H and O–H groups in total. The Morgan fingerprint density at radius 2 is 1.41 bits per heavy atom. The van der Waals surface area contributed by atoms with Crippen molar-refractivity contribution in [3.8, 4) is 0 Å². The van der Waals surface area contributed by atoms with Crippen LogP contribution in [0.25, 0.3) is 0 Å². The van der Waals surface area contributed by atoms with Crippen molar-refractivity contribution in [3.63, 3.8) is 0 Å². The van der Waals surface area contributed by atoms with Gasteiger partial charge < -0.3 is 19.9 Å². The van der Waals surface area contributed by atoms with E-state index in [2.05, 4.69) is 0 Å². The van der Waals surface area contributed by atoms with Crippen LogP contribution in [0.3, 0.4) is 0 Å². The Balaban J connectivity index is 4.70. The monoisotopic (exact) mass is 317 g/mol. The van der Waals surface area contributed by atoms with Gasteiger partial charge in [-0.25, -0.2) is 9.59 Å². The normalized spacial score (nSPS) is 11.7. The highest BCUT2D eigenvalue weighted by molar-refractivity contribution is 6.04. The lowest BCUT2D eigenvalue weighted by atomic mass is 9.93. The van der Waals surface area contributed by atoms with E-state index in [4.69, 9.17) is 19.9 Å². The lowest BCUT2D eigenvalue weighted by molar-refractivity contribution is -0.165. The van der Waals surface area contributed by atoms with Crippen LogP contribution in [0.5, 0.6) is 0 Å². The van der Waals surface area contributed by atoms with Gasteiger partial charge in [-0.1, -0.05) is 0 Å². The van der Waals surface area contributed by atoms with Gasteiger partial charge in [-0.2, -0.15) is 0 Å². The van der Waals surface area contributed by atoms with Crippen molar-refractivity contribution in [2.45, 2.75) is 65.0 Å². The summed E-state index contributed by atoms with van der Waals surface area (Å²) in [6.07, 6.45) is 0.210. The summed E-state index contributed by atoms with van der Waals surface area (Å²) < 4.78 is 14.8. The summed E-state index contributed by atoms with van der Waals surface area (Å²) in [5, 5.41) is 0. The third-order valence-electron chi connectivity index (χ3n) is 2.65. The lowest BCUT2D eigenvalue weighted by Gasteiger charge is -2.25. The molecule has 0 heterocycles. The highest BCUT2D eigenvalue weighted by Crippen LogP contribution is 2.18. The molecule has 0 aliphatic heterocycles. The van der Waals surface area contributed by atoms with Crippen molar-refractivity contribution < 1.29 is 28.6 Å². The van der Waals surface area contributed by atoms with E-state index < -0.39 is 29.0 Å². The van der Waals surface area contributed by atoms with Crippen LogP contribution in [0.1, 0.15) is 53.9 Å². The number of ether oxygens (including phenoxy) is 3. The zero-order chi connectivity index (χ0) is 17.4. The summed E-state index contributed by atoms with van der Waals surface area (Å²) in [6, 6.07) is 0. The number of carbonyl (C=O) groups excluding carboxylic acids is 3. The van der Waals surface area contributed by atoms with Crippen molar-refractivity contribution in [2.75, 3.05) is 13.2 Å². The van der Waals surface area contributed by atoms with Gasteiger partial charge in [0.25, 0.3) is 0 Å². The van der Waals surface area contributed by atoms with Crippen LogP contribution in [0, 0.1) is 0 Å². The van der Waals surface area contributed by atoms with E-state index in [0.717, 1.165) is 0 Å². The molecule has 0 radical (unpaired) electrons. The molecule has 0 aromatic heterocycles. The quantitative estimate of drug-likeness (QED) is 0.409. The van der Waals surface area contributed by atoms with Crippen LogP contribution in [0.15, 0.2) is 0 Å². The van der Waals surface area contributed by atoms with E-state index in [-0.39, 0.29) is 32.5 Å². The Labute approximate surface area is 131 Å². The Morgan fingerprint density at radius 1 is 0.955 bits per heavy atom. The maximum absolute atomic E-state index is 11.9. The van der Waals surface area contributed by atoms with Gasteiger partial charge in [-0.3, -0.25) is 4.79 Å². The molecule has 128 valence electrons. The molecule has 0 aliphatic rings. The first-order valence-electron chi connectivity index (χ1n) is 7.42. The minimum absolute atomic E-state index is 0.0506. The summed E-state index contributed by atoms with van der Waals surface area (Å²) in [5.74, 6) is -2.11. The molecule has 7 heteroatoms. The fourth-order valence-corrected chi connectivity index (χ4v) is 1.71. The van der Waals surface area contributed by atoms with Gasteiger partial charge in [0.2, 0.25) is 5.54 Å². The molecule has 0 aliphatic carbocycles. The van der Waals surface area contributed by atoms with Gasteiger partial charge in [-0.15, -0.1) is 0 Å². The predicted molar refractivity (Wildman–Crippen MR) is 79.9 cm³/mol. The standard InChI is InChI=1S/C15H27NO6/c1-6-20-12(18)15(16,13(19)21-7-2)10-8-9-11(17)22-14(3,4)5/h6-10,16H2,1-5H3. The highest BCUT2D eigenvalue weighted by Gasteiger charge is 2.44. The van der Waals surface area contributed by atoms with Crippen molar-refractivity contribution >= 4 is 17.9 Å². The fourth-order valence-electron chi connectivity index (χ4n) is 1.71. The number of rotatable bonds is 8. The molecule has 0 atom stereocenters. The Kier molecular flexibility index (Phi) is 8.08. The zero-order valence-corrected chi connectivity index (χ0v) is 14.1. The number of hydrogen-bond donors (Lipinski definition) is 1. The molecule has 0 saturated carbocycles. The van der Waals surface area contributed by atoms with Crippen LogP contribution in [-0.4, -0.2) is 42.3 Å². The largest absolute Gasteiger partial charge is 0.464 e. The molecule has 0 aromatic rings. The van der Waals surface area contributed by atoms with Gasteiger partial charge in [0.1, 0.15) is 5.60 Å². The molecule has 0 saturated heterocycles. The third kappa shape index (κ3) is 6.89. The SMILES string of the molecule is CCOC(=O)C(N)(CCCC(=O)OC(C)(C)C)C(=O)OCC. The van der Waals surface area contributed by atoms with E-state index in [0.29, 0.717) is 0 Å². The van der Waals surface area contributed by atoms with E-state index in [1.807, 2.05) is 0 Å². The molecule has 0 amide bonds. The summed E-state index contributed by atoms with van der Waals surface area (Å²) in [6.45, 7) is 8.71. The molecule has 0 spiro atoms. The first-order chi connectivity index (χ1) is 10.1. The Bertz CT molecular complexity index is 381. The van der Waals surface area contributed by atoms with E-state index in [1.165, 1.54) is 0 Å². The first kappa shape index (κ1) is 20.4. The second kappa shape index (κ2) is 8.73. The molecule has 0 rings (SSSR count). The van der Waals surface area contributed by atoms with Crippen LogP contribution >= 0.6 is 0 Å². The molecular formula is C15H27NO6. The number of esters is 3. The molecule has 0 bridgehead atoms. The van der Waals surface area contributed by atoms with Crippen molar-refractivity contribution in [2.24, 2.45) is 5.73 Å². The van der Waals surface area contributed by atoms with E-state index >= 15 is 0 Å². The first-order valence-corrected chi connectivity index (χ1v) is 7.42. The second-order valence-corrected chi connectivity index (χ2v) is 5.85. The molecule has 7 nitrogen and oxygen atoms in total. The predicted octanol–water partition coefficient (Wildman–Crippen LogP) is 1.32. The van der Waals surface area contributed by atoms with Crippen LogP contribution in [0.2, 0.25) is 0 Å².